The van der Waals surface area contributed by atoms with Crippen LogP contribution in [0.2, 0.25) is 0 Å². The molecular weight excluding hydrogens is 398 g/mol. The van der Waals surface area contributed by atoms with E-state index in [2.05, 4.69) is 17.6 Å². The molecule has 0 saturated heterocycles. The van der Waals surface area contributed by atoms with Gasteiger partial charge in [-0.3, -0.25) is 10.1 Å². The van der Waals surface area contributed by atoms with Crippen molar-refractivity contribution in [3.8, 4) is 0 Å². The van der Waals surface area contributed by atoms with E-state index in [0.717, 1.165) is 30.4 Å². The van der Waals surface area contributed by atoms with E-state index in [4.69, 9.17) is 17.0 Å². The number of thiophene rings is 1. The number of non-ortho nitro benzene ring substituents is 1. The molecule has 1 aromatic carbocycles. The molecule has 0 radical (unpaired) electrons. The molecule has 0 spiro atoms. The third kappa shape index (κ3) is 4.15. The molecule has 1 aromatic heterocycles. The number of rotatable bonds is 4. The molecule has 0 amide bonds. The summed E-state index contributed by atoms with van der Waals surface area (Å²) in [5.41, 5.74) is 2.91. The van der Waals surface area contributed by atoms with Gasteiger partial charge in [0.05, 0.1) is 17.6 Å². The van der Waals surface area contributed by atoms with Crippen LogP contribution in [0.3, 0.4) is 0 Å². The van der Waals surface area contributed by atoms with Crippen LogP contribution in [0.1, 0.15) is 39.7 Å². The fraction of sp³-hybridized carbons (Fsp3) is 0.368. The van der Waals surface area contributed by atoms with Crippen molar-refractivity contribution in [1.82, 2.24) is 0 Å². The van der Waals surface area contributed by atoms with Crippen molar-refractivity contribution in [2.45, 2.75) is 33.1 Å². The number of methoxy groups -OCH3 is 1. The van der Waals surface area contributed by atoms with Gasteiger partial charge in [0.1, 0.15) is 5.00 Å². The number of nitrogens with one attached hydrogen (secondary N) is 2. The first-order valence-electron chi connectivity index (χ1n) is 8.86. The minimum atomic E-state index is -0.453. The third-order valence-corrected chi connectivity index (χ3v) is 6.18. The first-order valence-corrected chi connectivity index (χ1v) is 10.1. The van der Waals surface area contributed by atoms with Crippen LogP contribution in [0.15, 0.2) is 18.2 Å². The summed E-state index contributed by atoms with van der Waals surface area (Å²) in [5.74, 6) is 0.186. The van der Waals surface area contributed by atoms with E-state index < -0.39 is 4.92 Å². The van der Waals surface area contributed by atoms with Gasteiger partial charge >= 0.3 is 5.97 Å². The van der Waals surface area contributed by atoms with Gasteiger partial charge in [-0.25, -0.2) is 4.79 Å². The SMILES string of the molecule is COC(=O)c1c(NC(=S)Nc2cc([N+](=O)[O-])ccc2C)sc2c1CCC(C)C2. The number of carbonyl (C=O) groups excluding carboxylic acids is 1. The lowest BCUT2D eigenvalue weighted by molar-refractivity contribution is -0.384. The van der Waals surface area contributed by atoms with E-state index in [1.165, 1.54) is 35.5 Å². The molecule has 1 aliphatic rings. The molecule has 0 fully saturated rings. The molecule has 1 heterocycles. The Hall–Kier alpha value is -2.52. The predicted octanol–water partition coefficient (Wildman–Crippen LogP) is 4.69. The largest absolute Gasteiger partial charge is 0.465 e. The number of carbonyl (C=O) groups is 1. The number of nitro groups is 1. The quantitative estimate of drug-likeness (QED) is 0.321. The van der Waals surface area contributed by atoms with Crippen LogP contribution in [-0.4, -0.2) is 23.1 Å². The molecule has 148 valence electrons. The van der Waals surface area contributed by atoms with Crippen LogP contribution < -0.4 is 10.6 Å². The molecule has 1 aliphatic carbocycles. The standard InChI is InChI=1S/C19H21N3O4S2/c1-10-4-7-13-15(8-10)28-17(16(13)18(23)26-3)21-19(27)20-14-9-12(22(24)25)6-5-11(14)2/h5-6,9-10H,4,7-8H2,1-3H3,(H2,20,21,27). The Kier molecular flexibility index (Phi) is 5.95. The van der Waals surface area contributed by atoms with Crippen LogP contribution in [0.25, 0.3) is 0 Å². The summed E-state index contributed by atoms with van der Waals surface area (Å²) in [7, 11) is 1.37. The highest BCUT2D eigenvalue weighted by atomic mass is 32.1. The number of thiocarbonyl (C=S) groups is 1. The summed E-state index contributed by atoms with van der Waals surface area (Å²) in [6.07, 6.45) is 2.79. The summed E-state index contributed by atoms with van der Waals surface area (Å²) >= 11 is 6.91. The summed E-state index contributed by atoms with van der Waals surface area (Å²) in [5, 5.41) is 18.0. The molecular formula is C19H21N3O4S2. The lowest BCUT2D eigenvalue weighted by atomic mass is 9.88. The van der Waals surface area contributed by atoms with Crippen LogP contribution in [0.4, 0.5) is 16.4 Å². The lowest BCUT2D eigenvalue weighted by Gasteiger charge is -2.18. The van der Waals surface area contributed by atoms with Gasteiger partial charge in [0.2, 0.25) is 0 Å². The Morgan fingerprint density at radius 2 is 2.14 bits per heavy atom. The van der Waals surface area contributed by atoms with Gasteiger partial charge in [-0.2, -0.15) is 0 Å². The lowest BCUT2D eigenvalue weighted by Crippen LogP contribution is -2.21. The number of aryl methyl sites for hydroxylation is 1. The van der Waals surface area contributed by atoms with E-state index in [9.17, 15) is 14.9 Å². The van der Waals surface area contributed by atoms with Gasteiger partial charge in [-0.05, 0) is 55.4 Å². The number of esters is 1. The molecule has 3 rings (SSSR count). The van der Waals surface area contributed by atoms with Gasteiger partial charge < -0.3 is 15.4 Å². The average Bonchev–Trinajstić information content (AvgIpc) is 2.99. The second-order valence-electron chi connectivity index (χ2n) is 6.88. The molecule has 7 nitrogen and oxygen atoms in total. The number of nitrogens with zero attached hydrogens (tertiary/aromatic N) is 1. The first-order chi connectivity index (χ1) is 13.3. The van der Waals surface area contributed by atoms with Gasteiger partial charge in [-0.15, -0.1) is 11.3 Å². The van der Waals surface area contributed by atoms with Crippen molar-refractivity contribution in [3.63, 3.8) is 0 Å². The highest BCUT2D eigenvalue weighted by molar-refractivity contribution is 7.80. The maximum absolute atomic E-state index is 12.4. The topological polar surface area (TPSA) is 93.5 Å². The summed E-state index contributed by atoms with van der Waals surface area (Å²) in [4.78, 5) is 24.1. The Bertz CT molecular complexity index is 955. The number of hydrogen-bond donors (Lipinski definition) is 2. The molecule has 0 saturated carbocycles. The van der Waals surface area contributed by atoms with Crippen LogP contribution in [0, 0.1) is 23.0 Å². The van der Waals surface area contributed by atoms with Crippen LogP contribution >= 0.6 is 23.6 Å². The molecule has 1 atom stereocenters. The maximum Gasteiger partial charge on any atom is 0.341 e. The minimum absolute atomic E-state index is 0.0216. The molecule has 0 aliphatic heterocycles. The van der Waals surface area contributed by atoms with Crippen molar-refractivity contribution in [2.75, 3.05) is 17.7 Å². The predicted molar refractivity (Wildman–Crippen MR) is 115 cm³/mol. The fourth-order valence-electron chi connectivity index (χ4n) is 3.27. The first kappa shape index (κ1) is 20.2. The zero-order chi connectivity index (χ0) is 20.4. The summed E-state index contributed by atoms with van der Waals surface area (Å²) in [6, 6.07) is 4.54. The van der Waals surface area contributed by atoms with E-state index in [1.54, 1.807) is 6.07 Å². The number of benzene rings is 1. The zero-order valence-corrected chi connectivity index (χ0v) is 17.5. The van der Waals surface area contributed by atoms with Crippen molar-refractivity contribution in [1.29, 1.82) is 0 Å². The molecule has 1 unspecified atom stereocenters. The van der Waals surface area contributed by atoms with Crippen molar-refractivity contribution < 1.29 is 14.5 Å². The fourth-order valence-corrected chi connectivity index (χ4v) is 4.95. The second kappa shape index (κ2) is 8.24. The normalized spacial score (nSPS) is 15.5. The van der Waals surface area contributed by atoms with Gasteiger partial charge in [0, 0.05) is 22.7 Å². The van der Waals surface area contributed by atoms with E-state index in [-0.39, 0.29) is 16.8 Å². The smallest absolute Gasteiger partial charge is 0.341 e. The highest BCUT2D eigenvalue weighted by Gasteiger charge is 2.28. The van der Waals surface area contributed by atoms with Crippen molar-refractivity contribution in [2.24, 2.45) is 5.92 Å². The number of anilines is 2. The maximum atomic E-state index is 12.4. The van der Waals surface area contributed by atoms with Crippen molar-refractivity contribution in [3.05, 3.63) is 49.9 Å². The van der Waals surface area contributed by atoms with E-state index in [0.29, 0.717) is 22.2 Å². The third-order valence-electron chi connectivity index (χ3n) is 4.81. The minimum Gasteiger partial charge on any atom is -0.465 e. The number of fused-ring (bicyclic) bond motifs is 1. The molecule has 2 aromatic rings. The number of ether oxygens (including phenoxy) is 1. The van der Waals surface area contributed by atoms with Gasteiger partial charge in [-0.1, -0.05) is 13.0 Å². The summed E-state index contributed by atoms with van der Waals surface area (Å²) in [6.45, 7) is 4.03. The van der Waals surface area contributed by atoms with Crippen LogP contribution in [-0.2, 0) is 17.6 Å². The van der Waals surface area contributed by atoms with Crippen molar-refractivity contribution >= 4 is 51.0 Å². The number of nitro benzene ring substituents is 1. The average molecular weight is 420 g/mol. The highest BCUT2D eigenvalue weighted by Crippen LogP contribution is 2.40. The van der Waals surface area contributed by atoms with Gasteiger partial charge in [0.25, 0.3) is 5.69 Å². The zero-order valence-electron chi connectivity index (χ0n) is 15.8. The Labute approximate surface area is 172 Å². The van der Waals surface area contributed by atoms with E-state index >= 15 is 0 Å². The second-order valence-corrected chi connectivity index (χ2v) is 8.40. The molecule has 9 heteroatoms. The summed E-state index contributed by atoms with van der Waals surface area (Å²) < 4.78 is 4.98. The monoisotopic (exact) mass is 419 g/mol. The van der Waals surface area contributed by atoms with Gasteiger partial charge in [0.15, 0.2) is 5.11 Å². The Morgan fingerprint density at radius 1 is 1.39 bits per heavy atom. The Balaban J connectivity index is 1.86. The molecule has 0 bridgehead atoms. The Morgan fingerprint density at radius 3 is 2.82 bits per heavy atom. The molecule has 28 heavy (non-hydrogen) atoms. The number of hydrogen-bond acceptors (Lipinski definition) is 6. The molecule has 2 N–H and O–H groups in total. The van der Waals surface area contributed by atoms with E-state index in [1.807, 2.05) is 6.92 Å². The van der Waals surface area contributed by atoms with Crippen LogP contribution in [0.5, 0.6) is 0 Å².